The molecule has 0 saturated carbocycles. The standard InChI is InChI=1S/C23H22N4/c1-4-9-20-17(3)25-23-21(18-11-6-5-7-12-18)15-24-27(23)22(20)26-19-13-8-10-16(2)14-19/h4-8,10-15,26H,1,9H2,2-3H3. The summed E-state index contributed by atoms with van der Waals surface area (Å²) in [6.45, 7) is 8.04. The van der Waals surface area contributed by atoms with E-state index in [0.717, 1.165) is 46.0 Å². The van der Waals surface area contributed by atoms with Gasteiger partial charge in [-0.2, -0.15) is 9.61 Å². The van der Waals surface area contributed by atoms with Crippen molar-refractivity contribution in [1.29, 1.82) is 0 Å². The Morgan fingerprint density at radius 3 is 2.63 bits per heavy atom. The topological polar surface area (TPSA) is 42.2 Å². The first-order valence-corrected chi connectivity index (χ1v) is 9.04. The summed E-state index contributed by atoms with van der Waals surface area (Å²) in [6, 6.07) is 18.6. The van der Waals surface area contributed by atoms with Gasteiger partial charge in [-0.05, 0) is 43.5 Å². The monoisotopic (exact) mass is 354 g/mol. The Hall–Kier alpha value is -3.40. The third kappa shape index (κ3) is 3.22. The molecule has 1 N–H and O–H groups in total. The molecule has 0 unspecified atom stereocenters. The molecule has 0 fully saturated rings. The van der Waals surface area contributed by atoms with Crippen molar-refractivity contribution in [2.75, 3.05) is 5.32 Å². The summed E-state index contributed by atoms with van der Waals surface area (Å²) in [6.07, 6.45) is 4.51. The molecule has 0 aliphatic carbocycles. The Bertz CT molecular complexity index is 1110. The van der Waals surface area contributed by atoms with Crippen molar-refractivity contribution < 1.29 is 0 Å². The summed E-state index contributed by atoms with van der Waals surface area (Å²) in [5.74, 6) is 0.935. The molecule has 2 aromatic heterocycles. The zero-order valence-electron chi connectivity index (χ0n) is 15.6. The number of rotatable bonds is 5. The van der Waals surface area contributed by atoms with Crippen LogP contribution in [0.15, 0.2) is 73.4 Å². The largest absolute Gasteiger partial charge is 0.340 e. The number of benzene rings is 2. The molecule has 0 saturated heterocycles. The molecule has 2 heterocycles. The molecule has 0 bridgehead atoms. The quantitative estimate of drug-likeness (QED) is 0.482. The van der Waals surface area contributed by atoms with Crippen LogP contribution in [0, 0.1) is 13.8 Å². The molecular weight excluding hydrogens is 332 g/mol. The van der Waals surface area contributed by atoms with Crippen molar-refractivity contribution in [3.63, 3.8) is 0 Å². The smallest absolute Gasteiger partial charge is 0.165 e. The lowest BCUT2D eigenvalue weighted by atomic mass is 10.1. The van der Waals surface area contributed by atoms with E-state index in [0.29, 0.717) is 0 Å². The summed E-state index contributed by atoms with van der Waals surface area (Å²) >= 11 is 0. The number of fused-ring (bicyclic) bond motifs is 1. The van der Waals surface area contributed by atoms with Gasteiger partial charge in [-0.1, -0.05) is 48.5 Å². The first-order chi connectivity index (χ1) is 13.2. The molecule has 0 radical (unpaired) electrons. The fourth-order valence-corrected chi connectivity index (χ4v) is 3.34. The molecule has 4 heteroatoms. The van der Waals surface area contributed by atoms with Gasteiger partial charge >= 0.3 is 0 Å². The van der Waals surface area contributed by atoms with Gasteiger partial charge in [0.1, 0.15) is 5.82 Å². The molecule has 0 amide bonds. The zero-order valence-corrected chi connectivity index (χ0v) is 15.6. The van der Waals surface area contributed by atoms with Crippen LogP contribution in [0.25, 0.3) is 16.8 Å². The highest BCUT2D eigenvalue weighted by Crippen LogP contribution is 2.30. The van der Waals surface area contributed by atoms with Crippen LogP contribution in [-0.4, -0.2) is 14.6 Å². The summed E-state index contributed by atoms with van der Waals surface area (Å²) in [7, 11) is 0. The molecule has 134 valence electrons. The van der Waals surface area contributed by atoms with Crippen LogP contribution < -0.4 is 5.32 Å². The second-order valence-corrected chi connectivity index (χ2v) is 6.67. The van der Waals surface area contributed by atoms with E-state index in [1.165, 1.54) is 5.56 Å². The van der Waals surface area contributed by atoms with Gasteiger partial charge in [-0.3, -0.25) is 0 Å². The Morgan fingerprint density at radius 2 is 1.89 bits per heavy atom. The van der Waals surface area contributed by atoms with E-state index < -0.39 is 0 Å². The highest BCUT2D eigenvalue weighted by atomic mass is 15.3. The highest BCUT2D eigenvalue weighted by Gasteiger charge is 2.17. The zero-order chi connectivity index (χ0) is 18.8. The lowest BCUT2D eigenvalue weighted by Crippen LogP contribution is -2.08. The van der Waals surface area contributed by atoms with Gasteiger partial charge in [0, 0.05) is 22.5 Å². The number of allylic oxidation sites excluding steroid dienone is 1. The number of nitrogens with zero attached hydrogens (tertiary/aromatic N) is 3. The molecule has 0 atom stereocenters. The Labute approximate surface area is 159 Å². The van der Waals surface area contributed by atoms with E-state index in [2.05, 4.69) is 60.3 Å². The van der Waals surface area contributed by atoms with Crippen molar-refractivity contribution >= 4 is 17.2 Å². The van der Waals surface area contributed by atoms with Gasteiger partial charge in [0.2, 0.25) is 0 Å². The molecule has 0 spiro atoms. The van der Waals surface area contributed by atoms with Gasteiger partial charge in [-0.25, -0.2) is 4.98 Å². The first kappa shape index (κ1) is 17.0. The van der Waals surface area contributed by atoms with E-state index >= 15 is 0 Å². The average molecular weight is 354 g/mol. The van der Waals surface area contributed by atoms with Crippen molar-refractivity contribution in [3.05, 3.63) is 90.3 Å². The van der Waals surface area contributed by atoms with Gasteiger partial charge < -0.3 is 5.32 Å². The second kappa shape index (κ2) is 7.08. The summed E-state index contributed by atoms with van der Waals surface area (Å²) in [5, 5.41) is 8.21. The van der Waals surface area contributed by atoms with Crippen molar-refractivity contribution in [2.45, 2.75) is 20.3 Å². The van der Waals surface area contributed by atoms with Gasteiger partial charge in [0.25, 0.3) is 0 Å². The van der Waals surface area contributed by atoms with Gasteiger partial charge in [0.15, 0.2) is 5.65 Å². The van der Waals surface area contributed by atoms with Gasteiger partial charge in [-0.15, -0.1) is 6.58 Å². The number of aromatic nitrogens is 3. The lowest BCUT2D eigenvalue weighted by molar-refractivity contribution is 0.915. The van der Waals surface area contributed by atoms with Crippen LogP contribution in [0.5, 0.6) is 0 Å². The van der Waals surface area contributed by atoms with Crippen molar-refractivity contribution in [2.24, 2.45) is 0 Å². The molecular formula is C23H22N4. The molecule has 4 rings (SSSR count). The third-order valence-corrected chi connectivity index (χ3v) is 4.67. The number of nitrogens with one attached hydrogen (secondary N) is 1. The Kier molecular flexibility index (Phi) is 4.47. The third-order valence-electron chi connectivity index (χ3n) is 4.67. The fraction of sp³-hybridized carbons (Fsp3) is 0.130. The van der Waals surface area contributed by atoms with Crippen LogP contribution >= 0.6 is 0 Å². The van der Waals surface area contributed by atoms with E-state index in [-0.39, 0.29) is 0 Å². The predicted octanol–water partition coefficient (Wildman–Crippen LogP) is 5.49. The maximum atomic E-state index is 4.86. The minimum Gasteiger partial charge on any atom is -0.340 e. The molecule has 0 aliphatic heterocycles. The van der Waals surface area contributed by atoms with Crippen LogP contribution in [0.1, 0.15) is 16.8 Å². The average Bonchev–Trinajstić information content (AvgIpc) is 3.09. The van der Waals surface area contributed by atoms with E-state index in [4.69, 9.17) is 4.98 Å². The normalized spacial score (nSPS) is 10.9. The van der Waals surface area contributed by atoms with E-state index in [9.17, 15) is 0 Å². The van der Waals surface area contributed by atoms with Gasteiger partial charge in [0.05, 0.1) is 6.20 Å². The molecule has 4 nitrogen and oxygen atoms in total. The van der Waals surface area contributed by atoms with Crippen LogP contribution in [-0.2, 0) is 6.42 Å². The van der Waals surface area contributed by atoms with E-state index in [1.54, 1.807) is 0 Å². The maximum absolute atomic E-state index is 4.86. The minimum atomic E-state index is 0.726. The molecule has 2 aromatic carbocycles. The number of aryl methyl sites for hydroxylation is 2. The second-order valence-electron chi connectivity index (χ2n) is 6.67. The fourth-order valence-electron chi connectivity index (χ4n) is 3.34. The first-order valence-electron chi connectivity index (χ1n) is 9.04. The van der Waals surface area contributed by atoms with Crippen molar-refractivity contribution in [3.8, 4) is 11.1 Å². The predicted molar refractivity (Wildman–Crippen MR) is 112 cm³/mol. The Balaban J connectivity index is 1.92. The van der Waals surface area contributed by atoms with Crippen LogP contribution in [0.3, 0.4) is 0 Å². The number of anilines is 2. The van der Waals surface area contributed by atoms with Crippen LogP contribution in [0.2, 0.25) is 0 Å². The SMILES string of the molecule is C=CCc1c(C)nc2c(-c3ccccc3)cnn2c1Nc1cccc(C)c1. The molecule has 4 aromatic rings. The highest BCUT2D eigenvalue weighted by molar-refractivity contribution is 5.79. The molecule has 27 heavy (non-hydrogen) atoms. The summed E-state index contributed by atoms with van der Waals surface area (Å²) < 4.78 is 1.90. The van der Waals surface area contributed by atoms with Crippen LogP contribution in [0.4, 0.5) is 11.5 Å². The maximum Gasteiger partial charge on any atom is 0.165 e. The number of hydrogen-bond donors (Lipinski definition) is 1. The minimum absolute atomic E-state index is 0.726. The molecule has 0 aliphatic rings. The Morgan fingerprint density at radius 1 is 1.07 bits per heavy atom. The van der Waals surface area contributed by atoms with Crippen molar-refractivity contribution in [1.82, 2.24) is 14.6 Å². The number of hydrogen-bond acceptors (Lipinski definition) is 3. The van der Waals surface area contributed by atoms with E-state index in [1.807, 2.05) is 41.9 Å². The summed E-state index contributed by atoms with van der Waals surface area (Å²) in [5.41, 5.74) is 7.30. The lowest BCUT2D eigenvalue weighted by Gasteiger charge is -2.15. The summed E-state index contributed by atoms with van der Waals surface area (Å²) in [4.78, 5) is 4.86.